The molecule has 6 unspecified atom stereocenters. The summed E-state index contributed by atoms with van der Waals surface area (Å²) in [5.41, 5.74) is 0. The van der Waals surface area contributed by atoms with Crippen molar-refractivity contribution in [3.05, 3.63) is 97.2 Å². The molecule has 61 heavy (non-hydrogen) atoms. The molecule has 0 amide bonds. The van der Waals surface area contributed by atoms with Gasteiger partial charge in [0.1, 0.15) is 30.5 Å². The van der Waals surface area contributed by atoms with Crippen molar-refractivity contribution in [2.75, 3.05) is 26.4 Å². The Labute approximate surface area is 367 Å². The van der Waals surface area contributed by atoms with Crippen molar-refractivity contribution in [3.8, 4) is 0 Å². The van der Waals surface area contributed by atoms with E-state index in [0.29, 0.717) is 13.0 Å². The number of carbonyl (C=O) groups is 1. The second kappa shape index (κ2) is 38.7. The highest BCUT2D eigenvalue weighted by atomic mass is 32.3. The first-order chi connectivity index (χ1) is 29.6. The predicted molar refractivity (Wildman–Crippen MR) is 243 cm³/mol. The molecule has 0 aliphatic carbocycles. The molecule has 1 heterocycles. The largest absolute Gasteiger partial charge is 0.457 e. The Balaban J connectivity index is 2.43. The quantitative estimate of drug-likeness (QED) is 0.0201. The van der Waals surface area contributed by atoms with E-state index in [1.165, 1.54) is 0 Å². The third-order valence-electron chi connectivity index (χ3n) is 9.42. The van der Waals surface area contributed by atoms with Crippen LogP contribution in [0.1, 0.15) is 136 Å². The van der Waals surface area contributed by atoms with Crippen molar-refractivity contribution >= 4 is 16.4 Å². The molecule has 0 aromatic heterocycles. The van der Waals surface area contributed by atoms with Gasteiger partial charge in [-0.3, -0.25) is 9.35 Å². The van der Waals surface area contributed by atoms with Crippen molar-refractivity contribution < 1.29 is 56.2 Å². The van der Waals surface area contributed by atoms with Crippen LogP contribution >= 0.6 is 0 Å². The summed E-state index contributed by atoms with van der Waals surface area (Å²) in [6, 6.07) is 0. The van der Waals surface area contributed by atoms with E-state index in [4.69, 9.17) is 23.5 Å². The van der Waals surface area contributed by atoms with Gasteiger partial charge < -0.3 is 34.3 Å². The number of aliphatic hydroxyl groups is 3. The first-order valence-corrected chi connectivity index (χ1v) is 23.9. The summed E-state index contributed by atoms with van der Waals surface area (Å²) in [4.78, 5) is 12.8. The lowest BCUT2D eigenvalue weighted by Crippen LogP contribution is -2.60. The number of rotatable bonds is 37. The van der Waals surface area contributed by atoms with Gasteiger partial charge in [0.2, 0.25) is 0 Å². The molecule has 0 aromatic rings. The van der Waals surface area contributed by atoms with Gasteiger partial charge in [-0.05, 0) is 89.9 Å². The summed E-state index contributed by atoms with van der Waals surface area (Å²) in [7, 11) is -5.07. The molecule has 0 radical (unpaired) electrons. The molecule has 4 N–H and O–H groups in total. The highest BCUT2D eigenvalue weighted by molar-refractivity contribution is 7.80. The lowest BCUT2D eigenvalue weighted by Gasteiger charge is -2.41. The zero-order valence-corrected chi connectivity index (χ0v) is 37.7. The maximum absolute atomic E-state index is 12.8. The maximum Gasteiger partial charge on any atom is 0.397 e. The van der Waals surface area contributed by atoms with E-state index in [0.717, 1.165) is 109 Å². The van der Waals surface area contributed by atoms with Gasteiger partial charge in [0.15, 0.2) is 6.29 Å². The number of unbranched alkanes of at least 4 members (excludes halogenated alkanes) is 8. The minimum absolute atomic E-state index is 0.00434. The van der Waals surface area contributed by atoms with Crippen LogP contribution in [0.25, 0.3) is 0 Å². The molecule has 0 aromatic carbocycles. The molecule has 0 bridgehead atoms. The fraction of sp³-hybridized carbons (Fsp3) is 0.646. The standard InChI is InChI=1S/C48H78O12S/c1-3-5-7-9-11-13-15-16-17-18-19-20-21-22-23-24-25-26-27-28-30-32-34-36-38-56-40-42(58-44(50)37-35-33-31-29-14-12-10-8-6-4-2)41-57-48-46(52)47(60-61(53,54)55)45(51)43(39-49)59-48/h5,7-8,10-11,13,16-17,19-20,22-23,25-26,28,30,42-43,45-49,51-52H,3-4,6,9,12,14-15,18,21,24,27,29,31-41H2,1-2H3,(H,53,54,55)/b7-5-,10-8-,13-11-,17-16-,20-19-,23-22-,26-25-,30-28-. The van der Waals surface area contributed by atoms with E-state index in [1.807, 2.05) is 0 Å². The predicted octanol–water partition coefficient (Wildman–Crippen LogP) is 9.46. The Hall–Kier alpha value is -2.98. The van der Waals surface area contributed by atoms with Gasteiger partial charge in [0, 0.05) is 13.0 Å². The topological polar surface area (TPSA) is 178 Å². The minimum Gasteiger partial charge on any atom is -0.457 e. The first-order valence-electron chi connectivity index (χ1n) is 22.5. The van der Waals surface area contributed by atoms with Gasteiger partial charge in [0.25, 0.3) is 0 Å². The summed E-state index contributed by atoms with van der Waals surface area (Å²) in [5.74, 6) is -0.432. The van der Waals surface area contributed by atoms with Crippen LogP contribution in [0.4, 0.5) is 0 Å². The second-order valence-electron chi connectivity index (χ2n) is 14.9. The Morgan fingerprint density at radius 3 is 1.67 bits per heavy atom. The van der Waals surface area contributed by atoms with Gasteiger partial charge in [-0.1, -0.05) is 137 Å². The maximum atomic E-state index is 12.8. The first kappa shape index (κ1) is 56.0. The molecule has 12 nitrogen and oxygen atoms in total. The molecule has 348 valence electrons. The van der Waals surface area contributed by atoms with Gasteiger partial charge in [0.05, 0.1) is 19.8 Å². The Morgan fingerprint density at radius 1 is 0.639 bits per heavy atom. The highest BCUT2D eigenvalue weighted by Crippen LogP contribution is 2.26. The van der Waals surface area contributed by atoms with Gasteiger partial charge in [-0.15, -0.1) is 0 Å². The van der Waals surface area contributed by atoms with Gasteiger partial charge in [-0.25, -0.2) is 4.18 Å². The monoisotopic (exact) mass is 879 g/mol. The van der Waals surface area contributed by atoms with E-state index in [9.17, 15) is 28.5 Å². The van der Waals surface area contributed by atoms with Crippen molar-refractivity contribution in [2.45, 2.75) is 173 Å². The molecular formula is C48H78O12S. The van der Waals surface area contributed by atoms with Gasteiger partial charge in [-0.2, -0.15) is 8.42 Å². The molecule has 13 heteroatoms. The Morgan fingerprint density at radius 2 is 1.13 bits per heavy atom. The number of carbonyl (C=O) groups excluding carboxylic acids is 1. The highest BCUT2D eigenvalue weighted by Gasteiger charge is 2.48. The van der Waals surface area contributed by atoms with Gasteiger partial charge >= 0.3 is 16.4 Å². The SMILES string of the molecule is CC/C=C\C/C=C\C/C=C\C/C=C\C/C=C\C/C=C\C/C=C\CCCCOCC(COC1OC(CO)C(O)C(OS(=O)(=O)O)C1O)OC(=O)CCCCCCC/C=C\CCC. The van der Waals surface area contributed by atoms with Crippen LogP contribution in [-0.2, 0) is 38.3 Å². The molecule has 1 aliphatic heterocycles. The zero-order valence-electron chi connectivity index (χ0n) is 36.9. The summed E-state index contributed by atoms with van der Waals surface area (Å²) >= 11 is 0. The molecular weight excluding hydrogens is 801 g/mol. The molecule has 1 rings (SSSR count). The third-order valence-corrected chi connectivity index (χ3v) is 9.89. The van der Waals surface area contributed by atoms with E-state index < -0.39 is 59.8 Å². The molecule has 1 fully saturated rings. The lowest BCUT2D eigenvalue weighted by atomic mass is 9.99. The lowest BCUT2D eigenvalue weighted by molar-refractivity contribution is -0.301. The molecule has 6 atom stereocenters. The van der Waals surface area contributed by atoms with Crippen LogP contribution in [0.5, 0.6) is 0 Å². The van der Waals surface area contributed by atoms with Crippen LogP contribution < -0.4 is 0 Å². The summed E-state index contributed by atoms with van der Waals surface area (Å²) in [6.07, 6.45) is 43.2. The zero-order chi connectivity index (χ0) is 44.7. The number of allylic oxidation sites excluding steroid dienone is 16. The van der Waals surface area contributed by atoms with E-state index in [2.05, 4.69) is 115 Å². The van der Waals surface area contributed by atoms with Crippen molar-refractivity contribution in [3.63, 3.8) is 0 Å². The Bertz CT molecular complexity index is 1430. The average molecular weight is 879 g/mol. The van der Waals surface area contributed by atoms with Crippen LogP contribution in [0.15, 0.2) is 97.2 Å². The second-order valence-corrected chi connectivity index (χ2v) is 15.9. The summed E-state index contributed by atoms with van der Waals surface area (Å²) in [5, 5.41) is 30.6. The smallest absolute Gasteiger partial charge is 0.397 e. The fourth-order valence-corrected chi connectivity index (χ4v) is 6.57. The summed E-state index contributed by atoms with van der Waals surface area (Å²) in [6.45, 7) is 3.65. The molecule has 1 aliphatic rings. The minimum atomic E-state index is -5.07. The van der Waals surface area contributed by atoms with Crippen molar-refractivity contribution in [1.29, 1.82) is 0 Å². The Kier molecular flexibility index (Phi) is 35.5. The average Bonchev–Trinajstić information content (AvgIpc) is 3.23. The number of hydrogen-bond acceptors (Lipinski definition) is 11. The van der Waals surface area contributed by atoms with Crippen LogP contribution in [0.2, 0.25) is 0 Å². The van der Waals surface area contributed by atoms with Crippen LogP contribution in [0, 0.1) is 0 Å². The number of ether oxygens (including phenoxy) is 4. The van der Waals surface area contributed by atoms with E-state index in [-0.39, 0.29) is 19.6 Å². The fourth-order valence-electron chi connectivity index (χ4n) is 6.06. The summed E-state index contributed by atoms with van der Waals surface area (Å²) < 4.78 is 58.9. The van der Waals surface area contributed by atoms with E-state index in [1.54, 1.807) is 0 Å². The molecule has 1 saturated heterocycles. The number of hydrogen-bond donors (Lipinski definition) is 4. The van der Waals surface area contributed by atoms with Crippen LogP contribution in [-0.4, -0.2) is 97.5 Å². The van der Waals surface area contributed by atoms with E-state index >= 15 is 0 Å². The number of aliphatic hydroxyl groups excluding tert-OH is 3. The third kappa shape index (κ3) is 32.4. The molecule has 0 spiro atoms. The van der Waals surface area contributed by atoms with Crippen LogP contribution in [0.3, 0.4) is 0 Å². The van der Waals surface area contributed by atoms with Crippen molar-refractivity contribution in [1.82, 2.24) is 0 Å². The number of esters is 1. The molecule has 0 saturated carbocycles. The van der Waals surface area contributed by atoms with Crippen molar-refractivity contribution in [2.24, 2.45) is 0 Å². The normalized spacial score (nSPS) is 21.0.